The summed E-state index contributed by atoms with van der Waals surface area (Å²) in [4.78, 5) is 2.77. The summed E-state index contributed by atoms with van der Waals surface area (Å²) in [5, 5.41) is 3.36. The van der Waals surface area contributed by atoms with Gasteiger partial charge in [-0.1, -0.05) is 12.1 Å². The number of sulfonamides is 1. The largest absolute Gasteiger partial charge is 0.315 e. The van der Waals surface area contributed by atoms with Gasteiger partial charge in [0.05, 0.1) is 4.90 Å². The van der Waals surface area contributed by atoms with Crippen molar-refractivity contribution >= 4 is 38.4 Å². The molecule has 0 aliphatic carbocycles. The van der Waals surface area contributed by atoms with Crippen LogP contribution >= 0.6 is 28.3 Å². The molecule has 22 heavy (non-hydrogen) atoms. The average Bonchev–Trinajstić information content (AvgIpc) is 3.02. The molecule has 1 atom stereocenters. The van der Waals surface area contributed by atoms with Crippen molar-refractivity contribution in [2.24, 2.45) is 0 Å². The van der Waals surface area contributed by atoms with Gasteiger partial charge in [0.1, 0.15) is 0 Å². The van der Waals surface area contributed by atoms with Crippen LogP contribution in [-0.2, 0) is 10.0 Å². The minimum Gasteiger partial charge on any atom is -0.315 e. The lowest BCUT2D eigenvalue weighted by molar-refractivity contribution is 0.145. The normalized spacial score (nSPS) is 24.1. The van der Waals surface area contributed by atoms with Crippen molar-refractivity contribution in [3.63, 3.8) is 0 Å². The van der Waals surface area contributed by atoms with Crippen LogP contribution in [0.3, 0.4) is 0 Å². The van der Waals surface area contributed by atoms with E-state index >= 15 is 0 Å². The standard InChI is InChI=1S/C14H20BrN3O2S.ClH/c15-13-3-1-2-4-14(13)21(19,20)18-9-7-17(8-10-18)12-5-6-16-11-12;/h1-4,12,16H,5-11H2;1H. The highest BCUT2D eigenvalue weighted by Crippen LogP contribution is 2.25. The van der Waals surface area contributed by atoms with Gasteiger partial charge in [0.15, 0.2) is 0 Å². The lowest BCUT2D eigenvalue weighted by Crippen LogP contribution is -2.52. The summed E-state index contributed by atoms with van der Waals surface area (Å²) in [5.41, 5.74) is 0. The Balaban J connectivity index is 0.00000176. The summed E-state index contributed by atoms with van der Waals surface area (Å²) >= 11 is 3.34. The van der Waals surface area contributed by atoms with Crippen LogP contribution in [0.2, 0.25) is 0 Å². The van der Waals surface area contributed by atoms with Crippen LogP contribution in [-0.4, -0.2) is 62.9 Å². The van der Waals surface area contributed by atoms with E-state index in [-0.39, 0.29) is 12.4 Å². The molecule has 2 aliphatic heterocycles. The van der Waals surface area contributed by atoms with Gasteiger partial charge in [-0.2, -0.15) is 4.31 Å². The maximum absolute atomic E-state index is 12.7. The van der Waals surface area contributed by atoms with Crippen LogP contribution < -0.4 is 5.32 Å². The van der Waals surface area contributed by atoms with Crippen LogP contribution in [0.25, 0.3) is 0 Å². The molecule has 2 heterocycles. The highest BCUT2D eigenvalue weighted by molar-refractivity contribution is 9.10. The molecule has 2 fully saturated rings. The van der Waals surface area contributed by atoms with Crippen LogP contribution in [0.4, 0.5) is 0 Å². The number of rotatable bonds is 3. The Labute approximate surface area is 146 Å². The van der Waals surface area contributed by atoms with Gasteiger partial charge < -0.3 is 5.32 Å². The molecular weight excluding hydrogens is 390 g/mol. The Kier molecular flexibility index (Phi) is 6.27. The highest BCUT2D eigenvalue weighted by Gasteiger charge is 2.32. The van der Waals surface area contributed by atoms with Crippen molar-refractivity contribution in [2.75, 3.05) is 39.3 Å². The smallest absolute Gasteiger partial charge is 0.244 e. The number of benzene rings is 1. The van der Waals surface area contributed by atoms with E-state index in [1.165, 1.54) is 0 Å². The number of hydrogen-bond donors (Lipinski definition) is 1. The maximum Gasteiger partial charge on any atom is 0.244 e. The van der Waals surface area contributed by atoms with E-state index in [0.717, 1.165) is 32.6 Å². The quantitative estimate of drug-likeness (QED) is 0.821. The fraction of sp³-hybridized carbons (Fsp3) is 0.571. The first-order valence-electron chi connectivity index (χ1n) is 7.28. The molecule has 0 aromatic heterocycles. The Bertz CT molecular complexity index is 600. The van der Waals surface area contributed by atoms with E-state index in [2.05, 4.69) is 26.1 Å². The predicted molar refractivity (Wildman–Crippen MR) is 93.0 cm³/mol. The number of hydrogen-bond acceptors (Lipinski definition) is 4. The van der Waals surface area contributed by atoms with Gasteiger partial charge in [0.2, 0.25) is 10.0 Å². The lowest BCUT2D eigenvalue weighted by atomic mass is 10.2. The summed E-state index contributed by atoms with van der Waals surface area (Å²) in [5.74, 6) is 0. The van der Waals surface area contributed by atoms with E-state index in [1.807, 2.05) is 6.07 Å². The van der Waals surface area contributed by atoms with E-state index in [0.29, 0.717) is 28.5 Å². The van der Waals surface area contributed by atoms with Crippen molar-refractivity contribution in [1.29, 1.82) is 0 Å². The molecule has 2 aliphatic rings. The van der Waals surface area contributed by atoms with Gasteiger partial charge in [-0.3, -0.25) is 4.90 Å². The molecule has 8 heteroatoms. The Morgan fingerprint density at radius 3 is 2.41 bits per heavy atom. The topological polar surface area (TPSA) is 52.7 Å². The third kappa shape index (κ3) is 3.66. The minimum atomic E-state index is -3.40. The molecule has 0 bridgehead atoms. The molecular formula is C14H21BrClN3O2S. The van der Waals surface area contributed by atoms with Crippen LogP contribution in [0.1, 0.15) is 6.42 Å². The first-order chi connectivity index (χ1) is 10.1. The lowest BCUT2D eigenvalue weighted by Gasteiger charge is -2.37. The monoisotopic (exact) mass is 409 g/mol. The molecule has 1 unspecified atom stereocenters. The first kappa shape index (κ1) is 18.2. The fourth-order valence-corrected chi connectivity index (χ4v) is 5.44. The molecule has 0 radical (unpaired) electrons. The average molecular weight is 411 g/mol. The molecule has 2 saturated heterocycles. The molecule has 1 aromatic rings. The number of piperazine rings is 1. The van der Waals surface area contributed by atoms with Crippen molar-refractivity contribution in [3.05, 3.63) is 28.7 Å². The summed E-state index contributed by atoms with van der Waals surface area (Å²) in [6.45, 7) is 4.86. The Hall–Kier alpha value is -0.180. The molecule has 124 valence electrons. The summed E-state index contributed by atoms with van der Waals surface area (Å²) in [6.07, 6.45) is 1.16. The molecule has 0 spiro atoms. The molecule has 0 amide bonds. The van der Waals surface area contributed by atoms with Gasteiger partial charge in [0, 0.05) is 43.2 Å². The van der Waals surface area contributed by atoms with Crippen molar-refractivity contribution in [3.8, 4) is 0 Å². The van der Waals surface area contributed by atoms with E-state index in [9.17, 15) is 8.42 Å². The Morgan fingerprint density at radius 1 is 1.14 bits per heavy atom. The summed E-state index contributed by atoms with van der Waals surface area (Å²) < 4.78 is 27.6. The second kappa shape index (κ2) is 7.59. The zero-order valence-electron chi connectivity index (χ0n) is 12.2. The summed E-state index contributed by atoms with van der Waals surface area (Å²) in [6, 6.07) is 7.59. The third-order valence-electron chi connectivity index (χ3n) is 4.28. The molecule has 5 nitrogen and oxygen atoms in total. The van der Waals surface area contributed by atoms with Crippen molar-refractivity contribution < 1.29 is 8.42 Å². The van der Waals surface area contributed by atoms with E-state index in [4.69, 9.17) is 0 Å². The predicted octanol–water partition coefficient (Wildman–Crippen LogP) is 1.54. The maximum atomic E-state index is 12.7. The fourth-order valence-electron chi connectivity index (χ4n) is 3.05. The van der Waals surface area contributed by atoms with Gasteiger partial charge in [-0.25, -0.2) is 8.42 Å². The van der Waals surface area contributed by atoms with Crippen molar-refractivity contribution in [1.82, 2.24) is 14.5 Å². The first-order valence-corrected chi connectivity index (χ1v) is 9.52. The number of nitrogens with zero attached hydrogens (tertiary/aromatic N) is 2. The highest BCUT2D eigenvalue weighted by atomic mass is 79.9. The van der Waals surface area contributed by atoms with Crippen LogP contribution in [0, 0.1) is 0 Å². The molecule has 1 aromatic carbocycles. The zero-order valence-corrected chi connectivity index (χ0v) is 15.5. The van der Waals surface area contributed by atoms with Crippen LogP contribution in [0.15, 0.2) is 33.6 Å². The number of halogens is 2. The van der Waals surface area contributed by atoms with Gasteiger partial charge in [-0.15, -0.1) is 12.4 Å². The second-order valence-corrected chi connectivity index (χ2v) is 8.28. The minimum absolute atomic E-state index is 0. The van der Waals surface area contributed by atoms with Crippen molar-refractivity contribution in [2.45, 2.75) is 17.4 Å². The number of nitrogens with one attached hydrogen (secondary N) is 1. The molecule has 3 rings (SSSR count). The summed E-state index contributed by atoms with van der Waals surface area (Å²) in [7, 11) is -3.40. The van der Waals surface area contributed by atoms with Gasteiger partial charge in [-0.05, 0) is 41.0 Å². The molecule has 1 N–H and O–H groups in total. The third-order valence-corrected chi connectivity index (χ3v) is 7.19. The second-order valence-electron chi connectivity index (χ2n) is 5.52. The van der Waals surface area contributed by atoms with Gasteiger partial charge in [0.25, 0.3) is 0 Å². The zero-order chi connectivity index (χ0) is 14.9. The van der Waals surface area contributed by atoms with Gasteiger partial charge >= 0.3 is 0 Å². The van der Waals surface area contributed by atoms with E-state index in [1.54, 1.807) is 22.5 Å². The van der Waals surface area contributed by atoms with E-state index < -0.39 is 10.0 Å². The van der Waals surface area contributed by atoms with Crippen LogP contribution in [0.5, 0.6) is 0 Å². The molecule has 0 saturated carbocycles. The Morgan fingerprint density at radius 2 is 1.82 bits per heavy atom. The SMILES string of the molecule is Cl.O=S(=O)(c1ccccc1Br)N1CCN(C2CCNC2)CC1.